The van der Waals surface area contributed by atoms with Crippen LogP contribution in [-0.2, 0) is 0 Å². The van der Waals surface area contributed by atoms with Crippen LogP contribution in [-0.4, -0.2) is 29.0 Å². The van der Waals surface area contributed by atoms with Crippen molar-refractivity contribution in [1.82, 2.24) is 15.0 Å². The highest BCUT2D eigenvalue weighted by Gasteiger charge is 2.13. The van der Waals surface area contributed by atoms with Gasteiger partial charge >= 0.3 is 0 Å². The van der Waals surface area contributed by atoms with Gasteiger partial charge in [0, 0.05) is 26.2 Å². The molecule has 2 aromatic heterocycles. The van der Waals surface area contributed by atoms with E-state index in [4.69, 9.17) is 0 Å². The fourth-order valence-corrected chi connectivity index (χ4v) is 1.69. The van der Waals surface area contributed by atoms with Crippen molar-refractivity contribution >= 4 is 16.9 Å². The van der Waals surface area contributed by atoms with Gasteiger partial charge in [-0.15, -0.1) is 0 Å². The Morgan fingerprint density at radius 1 is 1.38 bits per heavy atom. The second-order valence-electron chi connectivity index (χ2n) is 4.35. The Labute approximate surface area is 95.7 Å². The predicted octanol–water partition coefficient (Wildman–Crippen LogP) is 2.54. The predicted molar refractivity (Wildman–Crippen MR) is 66.9 cm³/mol. The maximum Gasteiger partial charge on any atom is 0.143 e. The molecule has 1 N–H and O–H groups in total. The summed E-state index contributed by atoms with van der Waals surface area (Å²) in [6.07, 6.45) is 2.96. The molecule has 2 aromatic rings. The van der Waals surface area contributed by atoms with Gasteiger partial charge in [0.05, 0.1) is 5.39 Å². The lowest BCUT2D eigenvalue weighted by Crippen LogP contribution is -2.13. The van der Waals surface area contributed by atoms with E-state index < -0.39 is 0 Å². The van der Waals surface area contributed by atoms with Crippen molar-refractivity contribution in [2.75, 3.05) is 19.0 Å². The number of aromatic amines is 1. The van der Waals surface area contributed by atoms with E-state index in [1.807, 2.05) is 31.3 Å². The molecule has 0 amide bonds. The largest absolute Gasteiger partial charge is 0.362 e. The van der Waals surface area contributed by atoms with E-state index >= 15 is 0 Å². The lowest BCUT2D eigenvalue weighted by atomic mass is 10.1. The molecule has 2 heterocycles. The molecular weight excluding hydrogens is 200 g/mol. The molecule has 0 radical (unpaired) electrons. The van der Waals surface area contributed by atoms with Crippen LogP contribution in [0.2, 0.25) is 0 Å². The van der Waals surface area contributed by atoms with Crippen LogP contribution in [0.25, 0.3) is 11.0 Å². The summed E-state index contributed by atoms with van der Waals surface area (Å²) in [4.78, 5) is 14.4. The molecule has 0 spiro atoms. The lowest BCUT2D eigenvalue weighted by Gasteiger charge is -2.15. The molecule has 0 fully saturated rings. The number of rotatable bonds is 3. The third-order valence-electron chi connectivity index (χ3n) is 2.89. The van der Waals surface area contributed by atoms with Crippen LogP contribution >= 0.6 is 0 Å². The molecule has 0 aliphatic rings. The molecule has 86 valence electrons. The Morgan fingerprint density at radius 2 is 2.12 bits per heavy atom. The van der Waals surface area contributed by atoms with Gasteiger partial charge in [0.25, 0.3) is 0 Å². The van der Waals surface area contributed by atoms with Crippen LogP contribution in [0.15, 0.2) is 12.3 Å². The van der Waals surface area contributed by atoms with E-state index in [0.717, 1.165) is 29.1 Å². The lowest BCUT2D eigenvalue weighted by molar-refractivity contribution is 0.681. The van der Waals surface area contributed by atoms with Gasteiger partial charge in [-0.05, 0) is 12.5 Å². The van der Waals surface area contributed by atoms with Gasteiger partial charge in [-0.2, -0.15) is 0 Å². The first-order valence-electron chi connectivity index (χ1n) is 5.65. The van der Waals surface area contributed by atoms with E-state index in [1.54, 1.807) is 0 Å². The second kappa shape index (κ2) is 4.12. The number of hydrogen-bond donors (Lipinski definition) is 1. The molecule has 1 unspecified atom stereocenters. The number of hydrogen-bond acceptors (Lipinski definition) is 3. The Morgan fingerprint density at radius 3 is 2.75 bits per heavy atom. The van der Waals surface area contributed by atoms with Gasteiger partial charge < -0.3 is 9.88 Å². The Hall–Kier alpha value is -1.58. The van der Waals surface area contributed by atoms with Gasteiger partial charge in [-0.1, -0.05) is 13.8 Å². The smallest absolute Gasteiger partial charge is 0.143 e. The van der Waals surface area contributed by atoms with E-state index in [-0.39, 0.29) is 0 Å². The van der Waals surface area contributed by atoms with Crippen LogP contribution in [0.1, 0.15) is 32.0 Å². The Balaban J connectivity index is 2.61. The molecule has 2 rings (SSSR count). The number of H-pyrrole nitrogens is 1. The summed E-state index contributed by atoms with van der Waals surface area (Å²) in [7, 11) is 4.02. The molecule has 0 aliphatic carbocycles. The maximum atomic E-state index is 4.64. The number of anilines is 1. The molecule has 4 nitrogen and oxygen atoms in total. The number of nitrogens with one attached hydrogen (secondary N) is 1. The van der Waals surface area contributed by atoms with Crippen LogP contribution in [0.5, 0.6) is 0 Å². The normalized spacial score (nSPS) is 13.0. The fourth-order valence-electron chi connectivity index (χ4n) is 1.69. The summed E-state index contributed by atoms with van der Waals surface area (Å²) in [5.74, 6) is 2.30. The summed E-state index contributed by atoms with van der Waals surface area (Å²) < 4.78 is 0. The second-order valence-corrected chi connectivity index (χ2v) is 4.35. The highest BCUT2D eigenvalue weighted by Crippen LogP contribution is 2.24. The van der Waals surface area contributed by atoms with Crippen molar-refractivity contribution in [3.63, 3.8) is 0 Å². The first kappa shape index (κ1) is 10.9. The van der Waals surface area contributed by atoms with Crippen molar-refractivity contribution in [2.45, 2.75) is 26.2 Å². The van der Waals surface area contributed by atoms with Gasteiger partial charge in [0.2, 0.25) is 0 Å². The average molecular weight is 218 g/mol. The number of nitrogens with zero attached hydrogens (tertiary/aromatic N) is 3. The molecule has 0 aromatic carbocycles. The van der Waals surface area contributed by atoms with Gasteiger partial charge in [-0.3, -0.25) is 0 Å². The summed E-state index contributed by atoms with van der Waals surface area (Å²) >= 11 is 0. The van der Waals surface area contributed by atoms with Crippen molar-refractivity contribution in [2.24, 2.45) is 0 Å². The van der Waals surface area contributed by atoms with E-state index in [9.17, 15) is 0 Å². The third kappa shape index (κ3) is 1.75. The SMILES string of the molecule is CCC(C)c1nc(N(C)C)c2cc[nH]c2n1. The third-order valence-corrected chi connectivity index (χ3v) is 2.89. The molecule has 0 aliphatic heterocycles. The average Bonchev–Trinajstić information content (AvgIpc) is 2.74. The van der Waals surface area contributed by atoms with E-state index in [0.29, 0.717) is 5.92 Å². The first-order chi connectivity index (χ1) is 7.63. The molecule has 4 heteroatoms. The van der Waals surface area contributed by atoms with Crippen molar-refractivity contribution < 1.29 is 0 Å². The number of fused-ring (bicyclic) bond motifs is 1. The van der Waals surface area contributed by atoms with Gasteiger partial charge in [0.15, 0.2) is 0 Å². The molecule has 0 saturated carbocycles. The van der Waals surface area contributed by atoms with E-state index in [2.05, 4.69) is 28.8 Å². The first-order valence-corrected chi connectivity index (χ1v) is 5.65. The summed E-state index contributed by atoms with van der Waals surface area (Å²) in [6, 6.07) is 2.02. The van der Waals surface area contributed by atoms with Crippen molar-refractivity contribution in [3.8, 4) is 0 Å². The van der Waals surface area contributed by atoms with Crippen molar-refractivity contribution in [1.29, 1.82) is 0 Å². The van der Waals surface area contributed by atoms with Crippen molar-refractivity contribution in [3.05, 3.63) is 18.1 Å². The van der Waals surface area contributed by atoms with Crippen LogP contribution in [0.4, 0.5) is 5.82 Å². The minimum atomic E-state index is 0.395. The van der Waals surface area contributed by atoms with Crippen LogP contribution in [0.3, 0.4) is 0 Å². The summed E-state index contributed by atoms with van der Waals surface area (Å²) in [5, 5.41) is 1.08. The Kier molecular flexibility index (Phi) is 2.81. The molecule has 0 saturated heterocycles. The zero-order valence-electron chi connectivity index (χ0n) is 10.3. The standard InChI is InChI=1S/C12H18N4/c1-5-8(2)10-14-11-9(6-7-13-11)12(15-10)16(3)4/h6-8H,5H2,1-4H3,(H,13,14,15). The van der Waals surface area contributed by atoms with Gasteiger partial charge in [-0.25, -0.2) is 9.97 Å². The highest BCUT2D eigenvalue weighted by molar-refractivity contribution is 5.87. The monoisotopic (exact) mass is 218 g/mol. The molecule has 1 atom stereocenters. The minimum absolute atomic E-state index is 0.395. The molecular formula is C12H18N4. The topological polar surface area (TPSA) is 44.8 Å². The summed E-state index contributed by atoms with van der Waals surface area (Å²) in [6.45, 7) is 4.31. The molecule has 16 heavy (non-hydrogen) atoms. The van der Waals surface area contributed by atoms with Crippen LogP contribution in [0, 0.1) is 0 Å². The zero-order valence-corrected chi connectivity index (χ0v) is 10.3. The highest BCUT2D eigenvalue weighted by atomic mass is 15.2. The quantitative estimate of drug-likeness (QED) is 0.861. The molecule has 0 bridgehead atoms. The van der Waals surface area contributed by atoms with E-state index in [1.165, 1.54) is 0 Å². The zero-order chi connectivity index (χ0) is 11.7. The van der Waals surface area contributed by atoms with Crippen LogP contribution < -0.4 is 4.90 Å². The summed E-state index contributed by atoms with van der Waals surface area (Å²) in [5.41, 5.74) is 0.925. The maximum absolute atomic E-state index is 4.64. The fraction of sp³-hybridized carbons (Fsp3) is 0.500. The Bertz CT molecular complexity index is 487. The number of aromatic nitrogens is 3. The minimum Gasteiger partial charge on any atom is -0.362 e. The van der Waals surface area contributed by atoms with Gasteiger partial charge in [0.1, 0.15) is 17.3 Å².